The van der Waals surface area contributed by atoms with Crippen LogP contribution in [-0.4, -0.2) is 24.0 Å². The lowest BCUT2D eigenvalue weighted by Gasteiger charge is -2.16. The molecule has 0 spiro atoms. The number of nitrogens with two attached hydrogens (primary N) is 1. The van der Waals surface area contributed by atoms with Crippen LogP contribution < -0.4 is 5.73 Å². The fourth-order valence-corrected chi connectivity index (χ4v) is 0.988. The van der Waals surface area contributed by atoms with E-state index in [1.54, 1.807) is 13.1 Å². The quantitative estimate of drug-likeness (QED) is 0.499. The van der Waals surface area contributed by atoms with Crippen molar-refractivity contribution in [2.75, 3.05) is 7.05 Å². The van der Waals surface area contributed by atoms with Crippen molar-refractivity contribution < 1.29 is 5.11 Å². The van der Waals surface area contributed by atoms with Crippen molar-refractivity contribution in [3.63, 3.8) is 0 Å². The number of aliphatic hydroxyl groups excluding tert-OH is 1. The molecule has 3 N–H and O–H groups in total. The lowest BCUT2D eigenvalue weighted by molar-refractivity contribution is 0.199. The van der Waals surface area contributed by atoms with Crippen LogP contribution in [0.15, 0.2) is 16.8 Å². The zero-order valence-corrected chi connectivity index (χ0v) is 6.04. The van der Waals surface area contributed by atoms with E-state index in [1.807, 2.05) is 0 Å². The molecule has 0 bridgehead atoms. The van der Waals surface area contributed by atoms with Gasteiger partial charge in [-0.15, -0.1) is 0 Å². The summed E-state index contributed by atoms with van der Waals surface area (Å²) in [6, 6.07) is 0. The van der Waals surface area contributed by atoms with E-state index in [1.165, 1.54) is 0 Å². The van der Waals surface area contributed by atoms with E-state index in [0.717, 1.165) is 12.1 Å². The summed E-state index contributed by atoms with van der Waals surface area (Å²) in [6.45, 7) is 0. The third-order valence-electron chi connectivity index (χ3n) is 1.68. The minimum atomic E-state index is -0.453. The van der Waals surface area contributed by atoms with E-state index in [-0.39, 0.29) is 0 Å². The van der Waals surface area contributed by atoms with Crippen LogP contribution >= 0.6 is 0 Å². The van der Waals surface area contributed by atoms with E-state index in [9.17, 15) is 0 Å². The van der Waals surface area contributed by atoms with Crippen LogP contribution in [0.1, 0.15) is 12.8 Å². The first-order valence-electron chi connectivity index (χ1n) is 3.35. The smallest absolute Gasteiger partial charge is 0.0936 e. The number of aliphatic hydroxyl groups is 1. The molecule has 56 valence electrons. The van der Waals surface area contributed by atoms with Gasteiger partial charge in [-0.25, -0.2) is 0 Å². The number of rotatable bonds is 0. The number of hydrogen-bond donors (Lipinski definition) is 2. The number of hydrogen-bond acceptors (Lipinski definition) is 3. The Morgan fingerprint density at radius 2 is 2.50 bits per heavy atom. The normalized spacial score (nSPS) is 30.4. The fraction of sp³-hybridized carbons (Fsp3) is 0.571. The Kier molecular flexibility index (Phi) is 2.06. The monoisotopic (exact) mass is 140 g/mol. The predicted octanol–water partition coefficient (Wildman–Crippen LogP) is 0.0545. The molecule has 0 fully saturated rings. The van der Waals surface area contributed by atoms with Gasteiger partial charge in [-0.05, 0) is 18.9 Å². The molecule has 0 aromatic heterocycles. The molecular weight excluding hydrogens is 128 g/mol. The molecule has 0 aromatic carbocycles. The molecule has 0 heterocycles. The van der Waals surface area contributed by atoms with Crippen molar-refractivity contribution >= 4 is 5.71 Å². The average molecular weight is 140 g/mol. The van der Waals surface area contributed by atoms with Crippen molar-refractivity contribution in [2.24, 2.45) is 10.7 Å². The van der Waals surface area contributed by atoms with Crippen LogP contribution in [-0.2, 0) is 0 Å². The van der Waals surface area contributed by atoms with Gasteiger partial charge in [0.05, 0.1) is 6.10 Å². The minimum absolute atomic E-state index is 0.453. The largest absolute Gasteiger partial charge is 0.400 e. The van der Waals surface area contributed by atoms with E-state index in [2.05, 4.69) is 4.99 Å². The first-order valence-corrected chi connectivity index (χ1v) is 3.35. The molecule has 0 saturated heterocycles. The van der Waals surface area contributed by atoms with Gasteiger partial charge in [0.25, 0.3) is 0 Å². The Hall–Kier alpha value is -0.830. The minimum Gasteiger partial charge on any atom is -0.400 e. The number of nitrogens with zero attached hydrogens (tertiary/aromatic N) is 1. The van der Waals surface area contributed by atoms with Crippen LogP contribution in [0.5, 0.6) is 0 Å². The summed E-state index contributed by atoms with van der Waals surface area (Å²) in [4.78, 5) is 3.98. The number of allylic oxidation sites excluding steroid dienone is 1. The Balaban J connectivity index is 2.75. The maximum Gasteiger partial charge on any atom is 0.0936 e. The summed E-state index contributed by atoms with van der Waals surface area (Å²) in [5, 5.41) is 9.14. The highest BCUT2D eigenvalue weighted by molar-refractivity contribution is 5.96. The van der Waals surface area contributed by atoms with E-state index >= 15 is 0 Å². The van der Waals surface area contributed by atoms with Gasteiger partial charge in [0.2, 0.25) is 0 Å². The molecule has 10 heavy (non-hydrogen) atoms. The van der Waals surface area contributed by atoms with Crippen molar-refractivity contribution in [3.8, 4) is 0 Å². The topological polar surface area (TPSA) is 58.6 Å². The second kappa shape index (κ2) is 2.84. The first-order chi connectivity index (χ1) is 4.74. The van der Waals surface area contributed by atoms with Crippen LogP contribution in [0.2, 0.25) is 0 Å². The highest BCUT2D eigenvalue weighted by atomic mass is 16.3. The standard InChI is InChI=1S/C7H12N2O/c1-9-5-2-3-7(10)6(8)4-5/h4,7,10H,2-3,8H2,1H3. The van der Waals surface area contributed by atoms with Crippen molar-refractivity contribution in [3.05, 3.63) is 11.8 Å². The van der Waals surface area contributed by atoms with Crippen LogP contribution in [0.3, 0.4) is 0 Å². The summed E-state index contributed by atoms with van der Waals surface area (Å²) in [7, 11) is 1.73. The maximum absolute atomic E-state index is 9.14. The van der Waals surface area contributed by atoms with Gasteiger partial charge in [0.15, 0.2) is 0 Å². The molecule has 3 heteroatoms. The molecular formula is C7H12N2O. The molecule has 0 saturated carbocycles. The number of aliphatic imine (C=N–C) groups is 1. The maximum atomic E-state index is 9.14. The van der Waals surface area contributed by atoms with Crippen LogP contribution in [0, 0.1) is 0 Å². The van der Waals surface area contributed by atoms with E-state index in [4.69, 9.17) is 10.8 Å². The molecule has 1 atom stereocenters. The molecule has 0 radical (unpaired) electrons. The summed E-state index contributed by atoms with van der Waals surface area (Å²) < 4.78 is 0. The highest BCUT2D eigenvalue weighted by Crippen LogP contribution is 2.12. The summed E-state index contributed by atoms with van der Waals surface area (Å²) >= 11 is 0. The lowest BCUT2D eigenvalue weighted by atomic mass is 10.0. The molecule has 0 aromatic rings. The molecule has 1 unspecified atom stereocenters. The van der Waals surface area contributed by atoms with Gasteiger partial charge in [-0.1, -0.05) is 0 Å². The third-order valence-corrected chi connectivity index (χ3v) is 1.68. The Labute approximate surface area is 60.3 Å². The lowest BCUT2D eigenvalue weighted by Crippen LogP contribution is -2.23. The Morgan fingerprint density at radius 3 is 3.00 bits per heavy atom. The summed E-state index contributed by atoms with van der Waals surface area (Å²) in [5.41, 5.74) is 6.98. The molecule has 0 aliphatic heterocycles. The Morgan fingerprint density at radius 1 is 1.80 bits per heavy atom. The molecule has 1 aliphatic carbocycles. The van der Waals surface area contributed by atoms with Gasteiger partial charge in [0, 0.05) is 18.5 Å². The first kappa shape index (κ1) is 7.28. The summed E-state index contributed by atoms with van der Waals surface area (Å²) in [5.74, 6) is 0. The van der Waals surface area contributed by atoms with Crippen LogP contribution in [0.25, 0.3) is 0 Å². The highest BCUT2D eigenvalue weighted by Gasteiger charge is 2.14. The van der Waals surface area contributed by atoms with Crippen molar-refractivity contribution in [1.82, 2.24) is 0 Å². The predicted molar refractivity (Wildman–Crippen MR) is 40.9 cm³/mol. The molecule has 0 amide bonds. The Bertz CT molecular complexity index is 184. The molecule has 1 rings (SSSR count). The van der Waals surface area contributed by atoms with Gasteiger partial charge in [0.1, 0.15) is 0 Å². The van der Waals surface area contributed by atoms with Crippen molar-refractivity contribution in [2.45, 2.75) is 18.9 Å². The van der Waals surface area contributed by atoms with Gasteiger partial charge >= 0.3 is 0 Å². The fourth-order valence-electron chi connectivity index (χ4n) is 0.988. The third kappa shape index (κ3) is 1.36. The van der Waals surface area contributed by atoms with E-state index in [0.29, 0.717) is 12.1 Å². The zero-order chi connectivity index (χ0) is 7.56. The van der Waals surface area contributed by atoms with Gasteiger partial charge < -0.3 is 10.8 Å². The molecule has 1 aliphatic rings. The summed E-state index contributed by atoms with van der Waals surface area (Å²) in [6.07, 6.45) is 2.83. The second-order valence-corrected chi connectivity index (χ2v) is 2.41. The van der Waals surface area contributed by atoms with Gasteiger partial charge in [-0.2, -0.15) is 0 Å². The van der Waals surface area contributed by atoms with Gasteiger partial charge in [-0.3, -0.25) is 4.99 Å². The second-order valence-electron chi connectivity index (χ2n) is 2.41. The molecule has 3 nitrogen and oxygen atoms in total. The van der Waals surface area contributed by atoms with Crippen molar-refractivity contribution in [1.29, 1.82) is 0 Å². The average Bonchev–Trinajstić information content (AvgIpc) is 1.95. The zero-order valence-electron chi connectivity index (χ0n) is 6.04. The van der Waals surface area contributed by atoms with Crippen LogP contribution in [0.4, 0.5) is 0 Å². The SMILES string of the molecule is CN=C1C=C(N)C(O)CC1. The van der Waals surface area contributed by atoms with E-state index < -0.39 is 6.10 Å².